The van der Waals surface area contributed by atoms with Gasteiger partial charge in [0.25, 0.3) is 0 Å². The Morgan fingerprint density at radius 1 is 0.293 bits per heavy atom. The third kappa shape index (κ3) is 75.2. The van der Waals surface area contributed by atoms with Crippen LogP contribution in [0.4, 0.5) is 0 Å². The molecule has 0 radical (unpaired) electrons. The van der Waals surface area contributed by atoms with Crippen LogP contribution in [-0.4, -0.2) is 95.9 Å². The number of unbranched alkanes of at least 4 members (excludes halogenated alkanes) is 33. The molecule has 0 saturated heterocycles. The maximum atomic E-state index is 12.9. The van der Waals surface area contributed by atoms with Gasteiger partial charge in [-0.25, -0.2) is 9.13 Å². The average Bonchev–Trinajstić information content (AvgIpc) is 1.04. The zero-order valence-corrected chi connectivity index (χ0v) is 64.2. The molecule has 0 saturated carbocycles. The molecule has 0 aliphatic heterocycles. The van der Waals surface area contributed by atoms with Crippen LogP contribution in [0, 0.1) is 0 Å². The summed E-state index contributed by atoms with van der Waals surface area (Å²) in [5, 5.41) is 20.6. The number of phosphoric ester groups is 2. The lowest BCUT2D eigenvalue weighted by molar-refractivity contribution is -0.161. The van der Waals surface area contributed by atoms with Crippen molar-refractivity contribution in [3.05, 3.63) is 109 Å². The molecule has 16 nitrogen and oxygen atoms in total. The summed E-state index contributed by atoms with van der Waals surface area (Å²) < 4.78 is 61.1. The van der Waals surface area contributed by atoms with Gasteiger partial charge in [0.05, 0.1) is 26.4 Å². The Bertz CT molecular complexity index is 2240. The van der Waals surface area contributed by atoms with Crippen molar-refractivity contribution in [2.75, 3.05) is 39.6 Å². The van der Waals surface area contributed by atoms with E-state index in [1.54, 1.807) is 0 Å². The van der Waals surface area contributed by atoms with E-state index in [1.165, 1.54) is 122 Å². The van der Waals surface area contributed by atoms with Gasteiger partial charge < -0.3 is 34.2 Å². The summed E-state index contributed by atoms with van der Waals surface area (Å²) in [5.74, 6) is -1.58. The summed E-state index contributed by atoms with van der Waals surface area (Å²) in [6, 6.07) is 0. The van der Waals surface area contributed by atoms with Gasteiger partial charge in [0.15, 0.2) is 6.10 Å². The number of hydrogen-bond donors (Lipinski definition) is 4. The van der Waals surface area contributed by atoms with Gasteiger partial charge >= 0.3 is 33.6 Å². The minimum absolute atomic E-state index is 0.105. The number of ether oxygens (including phenoxy) is 3. The molecule has 18 heteroatoms. The van der Waals surface area contributed by atoms with Crippen LogP contribution < -0.4 is 0 Å². The summed E-state index contributed by atoms with van der Waals surface area (Å²) in [6.45, 7) is 2.55. The molecule has 0 bridgehead atoms. The van der Waals surface area contributed by atoms with E-state index < -0.39 is 91.5 Å². The normalized spacial score (nSPS) is 14.6. The molecule has 4 N–H and O–H groups in total. The van der Waals surface area contributed by atoms with Crippen molar-refractivity contribution >= 4 is 33.6 Å². The molecular weight excluding hydrogens is 1290 g/mol. The molecule has 572 valence electrons. The van der Waals surface area contributed by atoms with Gasteiger partial charge in [0.1, 0.15) is 25.4 Å². The molecule has 0 rings (SSSR count). The highest BCUT2D eigenvalue weighted by Gasteiger charge is 2.29. The van der Waals surface area contributed by atoms with Crippen LogP contribution in [0.15, 0.2) is 109 Å². The summed E-state index contributed by atoms with van der Waals surface area (Å²) >= 11 is 0. The first-order valence-corrected chi connectivity index (χ1v) is 42.2. The zero-order valence-electron chi connectivity index (χ0n) is 62.4. The lowest BCUT2D eigenvalue weighted by atomic mass is 10.0. The third-order valence-corrected chi connectivity index (χ3v) is 18.4. The molecule has 0 heterocycles. The van der Waals surface area contributed by atoms with E-state index in [2.05, 4.69) is 130 Å². The predicted molar refractivity (Wildman–Crippen MR) is 408 cm³/mol. The van der Waals surface area contributed by atoms with Gasteiger partial charge in [-0.05, 0) is 109 Å². The summed E-state index contributed by atoms with van der Waals surface area (Å²) in [6.07, 6.45) is 85.6. The van der Waals surface area contributed by atoms with Crippen LogP contribution in [-0.2, 0) is 55.8 Å². The fourth-order valence-corrected chi connectivity index (χ4v) is 12.1. The van der Waals surface area contributed by atoms with Crippen LogP contribution in [0.5, 0.6) is 0 Å². The summed E-state index contributed by atoms with van der Waals surface area (Å²) in [5.41, 5.74) is 0. The fraction of sp³-hybridized carbons (Fsp3) is 0.741. The number of phosphoric acid groups is 2. The molecule has 5 unspecified atom stereocenters. The van der Waals surface area contributed by atoms with Gasteiger partial charge in [-0.2, -0.15) is 0 Å². The first kappa shape index (κ1) is 95.2. The number of rotatable bonds is 74. The van der Waals surface area contributed by atoms with Crippen molar-refractivity contribution in [3.8, 4) is 0 Å². The third-order valence-electron chi connectivity index (χ3n) is 16.5. The second-order valence-corrected chi connectivity index (χ2v) is 29.0. The topological polar surface area (TPSA) is 231 Å². The van der Waals surface area contributed by atoms with Crippen LogP contribution in [0.1, 0.15) is 329 Å². The maximum Gasteiger partial charge on any atom is 0.472 e. The van der Waals surface area contributed by atoms with E-state index >= 15 is 0 Å². The van der Waals surface area contributed by atoms with Crippen LogP contribution in [0.3, 0.4) is 0 Å². The molecule has 5 atom stereocenters. The lowest BCUT2D eigenvalue weighted by Crippen LogP contribution is -2.30. The largest absolute Gasteiger partial charge is 0.472 e. The number of hydrogen-bond acceptors (Lipinski definition) is 14. The minimum atomic E-state index is -4.93. The van der Waals surface area contributed by atoms with E-state index in [1.807, 2.05) is 0 Å². The van der Waals surface area contributed by atoms with Crippen molar-refractivity contribution in [3.63, 3.8) is 0 Å². The van der Waals surface area contributed by atoms with Crippen molar-refractivity contribution in [1.29, 1.82) is 0 Å². The molecule has 0 aromatic carbocycles. The second-order valence-electron chi connectivity index (χ2n) is 26.1. The zero-order chi connectivity index (χ0) is 72.3. The highest BCUT2D eigenvalue weighted by Crippen LogP contribution is 2.45. The second kappa shape index (κ2) is 73.9. The fourth-order valence-electron chi connectivity index (χ4n) is 10.5. The highest BCUT2D eigenvalue weighted by molar-refractivity contribution is 7.47. The minimum Gasteiger partial charge on any atom is -0.463 e. The van der Waals surface area contributed by atoms with E-state index in [4.69, 9.17) is 32.3 Å². The van der Waals surface area contributed by atoms with Gasteiger partial charge in [-0.3, -0.25) is 32.5 Å². The Labute approximate surface area is 602 Å². The monoisotopic (exact) mass is 1430 g/mol. The van der Waals surface area contributed by atoms with Gasteiger partial charge in [-0.15, -0.1) is 0 Å². The molecule has 0 spiro atoms. The molecule has 0 fully saturated rings. The Kier molecular flexibility index (Phi) is 71.1. The van der Waals surface area contributed by atoms with Crippen LogP contribution >= 0.6 is 15.6 Å². The first-order chi connectivity index (χ1) is 48.2. The number of aliphatic hydroxyl groups excluding tert-OH is 2. The Morgan fingerprint density at radius 2 is 0.535 bits per heavy atom. The summed E-state index contributed by atoms with van der Waals surface area (Å²) in [4.78, 5) is 58.6. The molecule has 0 aromatic rings. The Morgan fingerprint density at radius 3 is 0.869 bits per heavy atom. The number of esters is 3. The smallest absolute Gasteiger partial charge is 0.463 e. The van der Waals surface area contributed by atoms with E-state index in [0.29, 0.717) is 19.3 Å². The van der Waals surface area contributed by atoms with Crippen LogP contribution in [0.25, 0.3) is 0 Å². The quantitative estimate of drug-likeness (QED) is 0.0146. The van der Waals surface area contributed by atoms with Gasteiger partial charge in [0, 0.05) is 19.3 Å². The lowest BCUT2D eigenvalue weighted by Gasteiger charge is -2.21. The van der Waals surface area contributed by atoms with Crippen molar-refractivity contribution < 1.29 is 75.8 Å². The first-order valence-electron chi connectivity index (χ1n) is 39.2. The van der Waals surface area contributed by atoms with Gasteiger partial charge in [0.2, 0.25) is 0 Å². The molecule has 0 aliphatic carbocycles. The summed E-state index contributed by atoms with van der Waals surface area (Å²) in [7, 11) is -9.78. The molecule has 0 aromatic heterocycles. The SMILES string of the molecule is CC/C=C\C/C=C\C/C=C\C/C=C\C/C=C\CCCCCCCCCCCCCC(=O)OCC(O)COP(=O)(O)OCC(O)COP(=O)(O)OCC(COC(=O)CCCCCCCCC/C=C\C/C=C\C/C=C\C/C=C\CCCCC)OC(=O)CCCCCCCCCCCCCCC. The van der Waals surface area contributed by atoms with Gasteiger partial charge in [-0.1, -0.05) is 310 Å². The average molecular weight is 1430 g/mol. The maximum absolute atomic E-state index is 12.9. The van der Waals surface area contributed by atoms with Crippen LogP contribution in [0.2, 0.25) is 0 Å². The highest BCUT2D eigenvalue weighted by atomic mass is 31.2. The van der Waals surface area contributed by atoms with E-state index in [0.717, 1.165) is 148 Å². The number of aliphatic hydroxyl groups is 2. The predicted octanol–water partition coefficient (Wildman–Crippen LogP) is 22.8. The number of allylic oxidation sites excluding steroid dienone is 18. The Balaban J connectivity index is 4.53. The van der Waals surface area contributed by atoms with Crippen molar-refractivity contribution in [2.24, 2.45) is 0 Å². The number of carbonyl (C=O) groups excluding carboxylic acids is 3. The number of carbonyl (C=O) groups is 3. The van der Waals surface area contributed by atoms with E-state index in [9.17, 15) is 43.5 Å². The van der Waals surface area contributed by atoms with Crippen molar-refractivity contribution in [2.45, 2.75) is 347 Å². The molecular formula is C81H142O16P2. The van der Waals surface area contributed by atoms with E-state index in [-0.39, 0.29) is 19.3 Å². The molecule has 99 heavy (non-hydrogen) atoms. The molecule has 0 aliphatic rings. The van der Waals surface area contributed by atoms with Crippen molar-refractivity contribution in [1.82, 2.24) is 0 Å². The standard InChI is InChI=1S/C81H142O16P2/c1-4-7-10-13-16-19-22-25-27-29-31-33-35-36-37-38-40-42-43-45-47-50-52-55-58-61-64-67-79(84)91-70-76(82)71-93-98(87,88)94-72-77(83)73-95-99(89,90)96-75-78(97-81(86)69-66-63-60-57-54-49-24-21-18-15-12-9-6-3)74-92-80(85)68-65-62-59-56-53-51-48-46-44-41-39-34-32-30-28-26-23-20-17-14-11-8-5-2/h7,10,16-17,19-20,25-28,31-34,36-37,41,44,76-78,82-83H,4-6,8-9,11-15,18,21-24,29-30,35,38-40,42-43,45-75H2,1-3H3,(H,87,88)(H,89,90)/b10-7-,19-16-,20-17-,27-25-,28-26-,33-31-,34-32-,37-36-,44-41-. The Hall–Kier alpha value is -3.79. The molecule has 0 amide bonds.